The van der Waals surface area contributed by atoms with Crippen molar-refractivity contribution in [2.75, 3.05) is 0 Å². The summed E-state index contributed by atoms with van der Waals surface area (Å²) >= 11 is 0. The molecule has 20 heavy (non-hydrogen) atoms. The first-order valence-electron chi connectivity index (χ1n) is 6.40. The topological polar surface area (TPSA) is 115 Å². The van der Waals surface area contributed by atoms with Crippen LogP contribution in [0.1, 0.15) is 25.8 Å². The van der Waals surface area contributed by atoms with E-state index in [4.69, 9.17) is 10.9 Å². The second kappa shape index (κ2) is 6.83. The van der Waals surface area contributed by atoms with Crippen molar-refractivity contribution < 1.29 is 13.2 Å². The largest absolute Gasteiger partial charge is 0.351 e. The van der Waals surface area contributed by atoms with Crippen molar-refractivity contribution in [1.82, 2.24) is 5.32 Å². The molecule has 0 spiro atoms. The molecule has 112 valence electrons. The molecule has 0 aromatic heterocycles. The maximum atomic E-state index is 11.8. The average molecular weight is 299 g/mol. The predicted octanol–water partition coefficient (Wildman–Crippen LogP) is 0.324. The number of carbonyl (C=O) groups excluding carboxylic acids is 1. The summed E-state index contributed by atoms with van der Waals surface area (Å²) in [5, 5.41) is 7.75. The molecule has 0 saturated carbocycles. The summed E-state index contributed by atoms with van der Waals surface area (Å²) in [7, 11) is -3.74. The van der Waals surface area contributed by atoms with Crippen molar-refractivity contribution in [3.63, 3.8) is 0 Å². The van der Waals surface area contributed by atoms with E-state index in [-0.39, 0.29) is 23.3 Å². The maximum absolute atomic E-state index is 11.8. The molecule has 0 aliphatic carbocycles. The van der Waals surface area contributed by atoms with Crippen LogP contribution in [0.5, 0.6) is 0 Å². The van der Waals surface area contributed by atoms with E-state index < -0.39 is 16.1 Å². The monoisotopic (exact) mass is 299 g/mol. The molecule has 7 heteroatoms. The number of amides is 1. The van der Waals surface area contributed by atoms with Crippen LogP contribution >= 0.6 is 0 Å². The third-order valence-corrected chi connectivity index (χ3v) is 4.16. The van der Waals surface area contributed by atoms with Crippen LogP contribution in [0.25, 0.3) is 0 Å². The van der Waals surface area contributed by atoms with Crippen LogP contribution in [0.2, 0.25) is 0 Å². The second-order valence-corrected chi connectivity index (χ2v) is 6.38. The van der Waals surface area contributed by atoms with Gasteiger partial charge in [0.1, 0.15) is 0 Å². The molecule has 0 saturated heterocycles. The van der Waals surface area contributed by atoms with Gasteiger partial charge in [-0.1, -0.05) is 32.4 Å². The van der Waals surface area contributed by atoms with Gasteiger partial charge in [0.25, 0.3) is 0 Å². The predicted molar refractivity (Wildman–Crippen MR) is 77.1 cm³/mol. The first-order chi connectivity index (χ1) is 9.25. The number of sulfonamides is 1. The van der Waals surface area contributed by atoms with Gasteiger partial charge in [-0.2, -0.15) is 0 Å². The minimum Gasteiger partial charge on any atom is -0.351 e. The molecular weight excluding hydrogens is 278 g/mol. The van der Waals surface area contributed by atoms with E-state index in [1.807, 2.05) is 13.8 Å². The van der Waals surface area contributed by atoms with E-state index in [9.17, 15) is 13.2 Å². The maximum Gasteiger partial charge on any atom is 0.238 e. The van der Waals surface area contributed by atoms with Gasteiger partial charge >= 0.3 is 0 Å². The third kappa shape index (κ3) is 4.59. The Morgan fingerprint density at radius 2 is 2.05 bits per heavy atom. The number of rotatable bonds is 6. The van der Waals surface area contributed by atoms with Gasteiger partial charge in [-0.05, 0) is 23.6 Å². The van der Waals surface area contributed by atoms with Gasteiger partial charge in [0.15, 0.2) is 0 Å². The second-order valence-electron chi connectivity index (χ2n) is 4.82. The van der Waals surface area contributed by atoms with Crippen molar-refractivity contribution in [2.24, 2.45) is 16.8 Å². The standard InChI is InChI=1S/C13H21N3O3S/c1-3-9(2)12(14)13(17)16-8-10-5-4-6-11(7-10)20(15,18)19/h4-7,9,12H,3,8,14H2,1-2H3,(H,16,17)(H2,15,18,19)/t9-,12-/m0/s1. The van der Waals surface area contributed by atoms with Crippen LogP contribution in [0.15, 0.2) is 29.2 Å². The highest BCUT2D eigenvalue weighted by atomic mass is 32.2. The lowest BCUT2D eigenvalue weighted by atomic mass is 9.99. The quantitative estimate of drug-likeness (QED) is 0.701. The van der Waals surface area contributed by atoms with E-state index in [2.05, 4.69) is 5.32 Å². The zero-order chi connectivity index (χ0) is 15.3. The highest BCUT2D eigenvalue weighted by Crippen LogP contribution is 2.10. The number of primary sulfonamides is 1. The molecule has 6 nitrogen and oxygen atoms in total. The lowest BCUT2D eigenvalue weighted by molar-refractivity contribution is -0.123. The van der Waals surface area contributed by atoms with E-state index in [1.165, 1.54) is 12.1 Å². The Morgan fingerprint density at radius 3 is 2.60 bits per heavy atom. The van der Waals surface area contributed by atoms with Gasteiger partial charge in [0, 0.05) is 6.54 Å². The third-order valence-electron chi connectivity index (χ3n) is 3.25. The molecule has 0 unspecified atom stereocenters. The summed E-state index contributed by atoms with van der Waals surface area (Å²) in [4.78, 5) is 11.8. The summed E-state index contributed by atoms with van der Waals surface area (Å²) in [5.41, 5.74) is 6.46. The molecular formula is C13H21N3O3S. The summed E-state index contributed by atoms with van der Waals surface area (Å²) < 4.78 is 22.5. The zero-order valence-electron chi connectivity index (χ0n) is 11.7. The number of nitrogens with one attached hydrogen (secondary N) is 1. The number of nitrogens with two attached hydrogens (primary N) is 2. The van der Waals surface area contributed by atoms with Crippen LogP contribution in [-0.2, 0) is 21.4 Å². The van der Waals surface area contributed by atoms with Crippen LogP contribution in [0.3, 0.4) is 0 Å². The summed E-state index contributed by atoms with van der Waals surface area (Å²) in [5.74, 6) is -0.161. The van der Waals surface area contributed by atoms with Crippen molar-refractivity contribution in [2.45, 2.75) is 37.8 Å². The fourth-order valence-electron chi connectivity index (χ4n) is 1.65. The van der Waals surface area contributed by atoms with Crippen LogP contribution in [0.4, 0.5) is 0 Å². The first kappa shape index (κ1) is 16.6. The van der Waals surface area contributed by atoms with Gasteiger partial charge in [0.05, 0.1) is 10.9 Å². The number of benzene rings is 1. The van der Waals surface area contributed by atoms with E-state index in [0.29, 0.717) is 5.56 Å². The van der Waals surface area contributed by atoms with Crippen molar-refractivity contribution in [3.8, 4) is 0 Å². The SMILES string of the molecule is CC[C@H](C)[C@H](N)C(=O)NCc1cccc(S(N)(=O)=O)c1. The Bertz CT molecular complexity index is 572. The fraction of sp³-hybridized carbons (Fsp3) is 0.462. The molecule has 0 fully saturated rings. The van der Waals surface area contributed by atoms with Crippen LogP contribution in [-0.4, -0.2) is 20.4 Å². The highest BCUT2D eigenvalue weighted by molar-refractivity contribution is 7.89. The molecule has 0 bridgehead atoms. The Hall–Kier alpha value is -1.44. The Balaban J connectivity index is 2.69. The van der Waals surface area contributed by atoms with Crippen molar-refractivity contribution in [3.05, 3.63) is 29.8 Å². The average Bonchev–Trinajstić information content (AvgIpc) is 2.42. The molecule has 1 rings (SSSR count). The first-order valence-corrected chi connectivity index (χ1v) is 7.95. The molecule has 0 aliphatic rings. The van der Waals surface area contributed by atoms with E-state index in [0.717, 1.165) is 6.42 Å². The van der Waals surface area contributed by atoms with Gasteiger partial charge in [-0.3, -0.25) is 4.79 Å². The van der Waals surface area contributed by atoms with Crippen molar-refractivity contribution in [1.29, 1.82) is 0 Å². The molecule has 0 aliphatic heterocycles. The lowest BCUT2D eigenvalue weighted by Crippen LogP contribution is -2.44. The molecule has 1 amide bonds. The normalized spacial score (nSPS) is 14.6. The van der Waals surface area contributed by atoms with Gasteiger partial charge in [-0.15, -0.1) is 0 Å². The minimum atomic E-state index is -3.74. The molecule has 2 atom stereocenters. The molecule has 1 aromatic carbocycles. The molecule has 0 heterocycles. The smallest absolute Gasteiger partial charge is 0.238 e. The van der Waals surface area contributed by atoms with Crippen LogP contribution in [0, 0.1) is 5.92 Å². The van der Waals surface area contributed by atoms with Gasteiger partial charge in [-0.25, -0.2) is 13.6 Å². The van der Waals surface area contributed by atoms with Gasteiger partial charge in [0.2, 0.25) is 15.9 Å². The Labute approximate surface area is 119 Å². The minimum absolute atomic E-state index is 0.0236. The lowest BCUT2D eigenvalue weighted by Gasteiger charge is -2.17. The number of hydrogen-bond donors (Lipinski definition) is 3. The summed E-state index contributed by atoms with van der Waals surface area (Å²) in [6.45, 7) is 4.09. The summed E-state index contributed by atoms with van der Waals surface area (Å²) in [6.07, 6.45) is 0.815. The summed E-state index contributed by atoms with van der Waals surface area (Å²) in [6, 6.07) is 5.57. The van der Waals surface area contributed by atoms with E-state index in [1.54, 1.807) is 12.1 Å². The number of carbonyl (C=O) groups is 1. The molecule has 1 aromatic rings. The Kier molecular flexibility index (Phi) is 5.67. The molecule has 0 radical (unpaired) electrons. The molecule has 5 N–H and O–H groups in total. The zero-order valence-corrected chi connectivity index (χ0v) is 12.5. The van der Waals surface area contributed by atoms with Crippen molar-refractivity contribution >= 4 is 15.9 Å². The highest BCUT2D eigenvalue weighted by Gasteiger charge is 2.19. The van der Waals surface area contributed by atoms with Crippen LogP contribution < -0.4 is 16.2 Å². The van der Waals surface area contributed by atoms with Gasteiger partial charge < -0.3 is 11.1 Å². The fourth-order valence-corrected chi connectivity index (χ4v) is 2.24. The Morgan fingerprint density at radius 1 is 1.40 bits per heavy atom. The number of hydrogen-bond acceptors (Lipinski definition) is 4. The van der Waals surface area contributed by atoms with E-state index >= 15 is 0 Å².